The first-order chi connectivity index (χ1) is 19.1. The number of amides is 1. The van der Waals surface area contributed by atoms with Gasteiger partial charge in [0.05, 0.1) is 34.2 Å². The highest BCUT2D eigenvalue weighted by atomic mass is 35.5. The van der Waals surface area contributed by atoms with Crippen LogP contribution in [0.3, 0.4) is 0 Å². The van der Waals surface area contributed by atoms with E-state index < -0.39 is 54.3 Å². The summed E-state index contributed by atoms with van der Waals surface area (Å²) in [5, 5.41) is 24.5. The monoisotopic (exact) mass is 614 g/mol. The SMILES string of the molecule is CC(C)[C@H](CCC(=O)CCC(=O)O)C1=NOC(C)(C(=O)N[C@@H](CC(=O)O)C(=O)COC(=O)c2c(Cl)cccc2Cl)C1. The zero-order chi connectivity index (χ0) is 30.9. The number of hydrogen-bond donors (Lipinski definition) is 3. The number of carbonyl (C=O) groups excluding carboxylic acids is 4. The van der Waals surface area contributed by atoms with Crippen molar-refractivity contribution in [3.63, 3.8) is 0 Å². The maximum absolute atomic E-state index is 13.2. The number of Topliss-reactive ketones (excluding diaryl/α,β-unsaturated/α-hetero) is 2. The first kappa shape index (κ1) is 33.7. The summed E-state index contributed by atoms with van der Waals surface area (Å²) in [6, 6.07) is 2.77. The Morgan fingerprint density at radius 1 is 1.05 bits per heavy atom. The third-order valence-electron chi connectivity index (χ3n) is 6.53. The van der Waals surface area contributed by atoms with Crippen LogP contribution in [0.2, 0.25) is 10.0 Å². The van der Waals surface area contributed by atoms with Gasteiger partial charge in [0.25, 0.3) is 5.91 Å². The average molecular weight is 615 g/mol. The molecule has 0 saturated carbocycles. The van der Waals surface area contributed by atoms with Crippen molar-refractivity contribution < 1.29 is 48.6 Å². The number of hydrogen-bond acceptors (Lipinski definition) is 9. The first-order valence-electron chi connectivity index (χ1n) is 12.8. The molecule has 1 aromatic carbocycles. The normalized spacial score (nSPS) is 17.7. The summed E-state index contributed by atoms with van der Waals surface area (Å²) in [7, 11) is 0. The molecule has 1 unspecified atom stereocenters. The van der Waals surface area contributed by atoms with Gasteiger partial charge in [-0.15, -0.1) is 0 Å². The van der Waals surface area contributed by atoms with Crippen LogP contribution in [0, 0.1) is 11.8 Å². The van der Waals surface area contributed by atoms with Crippen molar-refractivity contribution in [1.29, 1.82) is 0 Å². The molecule has 0 saturated heterocycles. The highest BCUT2D eigenvalue weighted by molar-refractivity contribution is 6.39. The van der Waals surface area contributed by atoms with E-state index in [9.17, 15) is 33.9 Å². The van der Waals surface area contributed by atoms with E-state index in [4.69, 9.17) is 37.9 Å². The molecule has 3 N–H and O–H groups in total. The Morgan fingerprint density at radius 3 is 2.24 bits per heavy atom. The van der Waals surface area contributed by atoms with Gasteiger partial charge in [0.15, 0.2) is 12.4 Å². The van der Waals surface area contributed by atoms with Crippen LogP contribution in [0.15, 0.2) is 23.4 Å². The molecule has 2 rings (SSSR count). The fourth-order valence-electron chi connectivity index (χ4n) is 4.20. The van der Waals surface area contributed by atoms with E-state index >= 15 is 0 Å². The third kappa shape index (κ3) is 9.82. The number of carboxylic acid groups (broad SMARTS) is 2. The molecule has 0 aromatic heterocycles. The maximum atomic E-state index is 13.2. The van der Waals surface area contributed by atoms with Gasteiger partial charge < -0.3 is 25.1 Å². The van der Waals surface area contributed by atoms with Crippen molar-refractivity contribution in [2.24, 2.45) is 17.0 Å². The number of halogens is 2. The number of carboxylic acids is 2. The molecule has 3 atom stereocenters. The Balaban J connectivity index is 2.04. The van der Waals surface area contributed by atoms with Crippen LogP contribution in [0.5, 0.6) is 0 Å². The molecule has 12 nitrogen and oxygen atoms in total. The summed E-state index contributed by atoms with van der Waals surface area (Å²) in [5.74, 6) is -5.58. The second-order valence-electron chi connectivity index (χ2n) is 10.2. The van der Waals surface area contributed by atoms with Crippen molar-refractivity contribution in [1.82, 2.24) is 5.32 Å². The van der Waals surface area contributed by atoms with E-state index in [0.29, 0.717) is 12.1 Å². The van der Waals surface area contributed by atoms with Crippen molar-refractivity contribution in [2.75, 3.05) is 6.61 Å². The highest BCUT2D eigenvalue weighted by Crippen LogP contribution is 2.32. The first-order valence-corrected chi connectivity index (χ1v) is 13.5. The summed E-state index contributed by atoms with van der Waals surface area (Å²) >= 11 is 11.9. The number of carbonyl (C=O) groups is 6. The Morgan fingerprint density at radius 2 is 1.68 bits per heavy atom. The molecule has 0 bridgehead atoms. The summed E-state index contributed by atoms with van der Waals surface area (Å²) < 4.78 is 4.98. The molecular formula is C27H32Cl2N2O10. The predicted molar refractivity (Wildman–Crippen MR) is 147 cm³/mol. The number of rotatable bonds is 16. The lowest BCUT2D eigenvalue weighted by molar-refractivity contribution is -0.146. The second-order valence-corrected chi connectivity index (χ2v) is 11.0. The van der Waals surface area contributed by atoms with Crippen molar-refractivity contribution >= 4 is 64.3 Å². The van der Waals surface area contributed by atoms with Crippen LogP contribution in [-0.2, 0) is 33.5 Å². The molecule has 224 valence electrons. The average Bonchev–Trinajstić information content (AvgIpc) is 3.27. The van der Waals surface area contributed by atoms with Gasteiger partial charge in [-0.1, -0.05) is 48.3 Å². The quantitative estimate of drug-likeness (QED) is 0.232. The minimum absolute atomic E-state index is 0.00298. The van der Waals surface area contributed by atoms with Gasteiger partial charge in [0.1, 0.15) is 11.8 Å². The molecular weight excluding hydrogens is 583 g/mol. The van der Waals surface area contributed by atoms with Gasteiger partial charge in [-0.3, -0.25) is 24.0 Å². The van der Waals surface area contributed by atoms with E-state index in [-0.39, 0.29) is 58.9 Å². The van der Waals surface area contributed by atoms with E-state index in [1.807, 2.05) is 13.8 Å². The van der Waals surface area contributed by atoms with Crippen molar-refractivity contribution in [3.8, 4) is 0 Å². The minimum atomic E-state index is -1.57. The Bertz CT molecular complexity index is 1210. The second kappa shape index (κ2) is 14.9. The zero-order valence-corrected chi connectivity index (χ0v) is 24.3. The smallest absolute Gasteiger partial charge is 0.341 e. The molecule has 1 aliphatic rings. The number of benzene rings is 1. The summed E-state index contributed by atoms with van der Waals surface area (Å²) in [5.41, 5.74) is -1.23. The lowest BCUT2D eigenvalue weighted by Crippen LogP contribution is -2.52. The molecule has 1 heterocycles. The number of oxime groups is 1. The van der Waals surface area contributed by atoms with Gasteiger partial charge in [0, 0.05) is 25.2 Å². The largest absolute Gasteiger partial charge is 0.481 e. The molecule has 0 aliphatic carbocycles. The van der Waals surface area contributed by atoms with Crippen LogP contribution in [0.25, 0.3) is 0 Å². The van der Waals surface area contributed by atoms with E-state index in [2.05, 4.69) is 10.5 Å². The van der Waals surface area contributed by atoms with Crippen LogP contribution in [0.1, 0.15) is 69.7 Å². The number of nitrogens with one attached hydrogen (secondary N) is 1. The number of ketones is 2. The summed E-state index contributed by atoms with van der Waals surface area (Å²) in [6.45, 7) is 4.38. The molecule has 0 radical (unpaired) electrons. The molecule has 1 aromatic rings. The standard InChI is InChI=1S/C27H32Cl2N2O10/c1-14(2)16(9-7-15(32)8-10-22(34)35)20-12-27(3,41-31-20)26(39)30-19(11-23(36)37)21(33)13-40-25(38)24-17(28)5-4-6-18(24)29/h4-6,14,16,19H,7-13H2,1-3H3,(H,30,39)(H,34,35)(H,36,37)/t16-,19-,27?/m0/s1. The topological polar surface area (TPSA) is 186 Å². The van der Waals surface area contributed by atoms with Crippen LogP contribution < -0.4 is 5.32 Å². The Hall–Kier alpha value is -3.51. The fraction of sp³-hybridized carbons (Fsp3) is 0.519. The molecule has 1 amide bonds. The van der Waals surface area contributed by atoms with Crippen molar-refractivity contribution in [3.05, 3.63) is 33.8 Å². The van der Waals surface area contributed by atoms with E-state index in [1.54, 1.807) is 0 Å². The third-order valence-corrected chi connectivity index (χ3v) is 7.16. The lowest BCUT2D eigenvalue weighted by Gasteiger charge is -2.25. The van der Waals surface area contributed by atoms with Crippen LogP contribution in [0.4, 0.5) is 0 Å². The zero-order valence-electron chi connectivity index (χ0n) is 22.8. The van der Waals surface area contributed by atoms with Gasteiger partial charge >= 0.3 is 17.9 Å². The highest BCUT2D eigenvalue weighted by Gasteiger charge is 2.45. The maximum Gasteiger partial charge on any atom is 0.341 e. The Kier molecular flexibility index (Phi) is 12.3. The van der Waals surface area contributed by atoms with Crippen LogP contribution in [-0.4, -0.2) is 69.6 Å². The number of esters is 1. The minimum Gasteiger partial charge on any atom is -0.481 e. The lowest BCUT2D eigenvalue weighted by atomic mass is 9.82. The molecule has 41 heavy (non-hydrogen) atoms. The van der Waals surface area contributed by atoms with Gasteiger partial charge in [0.2, 0.25) is 5.60 Å². The van der Waals surface area contributed by atoms with Gasteiger partial charge in [-0.2, -0.15) is 0 Å². The Labute approximate surface area is 246 Å². The van der Waals surface area contributed by atoms with Crippen molar-refractivity contribution in [2.45, 2.75) is 70.9 Å². The number of aliphatic carboxylic acids is 2. The van der Waals surface area contributed by atoms with Gasteiger partial charge in [-0.25, -0.2) is 4.79 Å². The predicted octanol–water partition coefficient (Wildman–Crippen LogP) is 3.70. The summed E-state index contributed by atoms with van der Waals surface area (Å²) in [6.07, 6.45) is -0.604. The van der Waals surface area contributed by atoms with Crippen LogP contribution >= 0.6 is 23.2 Å². The molecule has 1 aliphatic heterocycles. The van der Waals surface area contributed by atoms with E-state index in [0.717, 1.165) is 0 Å². The fourth-order valence-corrected chi connectivity index (χ4v) is 4.75. The molecule has 0 spiro atoms. The van der Waals surface area contributed by atoms with E-state index in [1.165, 1.54) is 25.1 Å². The molecule has 0 fully saturated rings. The summed E-state index contributed by atoms with van der Waals surface area (Å²) in [4.78, 5) is 78.0. The molecule has 14 heteroatoms. The van der Waals surface area contributed by atoms with Gasteiger partial charge in [-0.05, 0) is 31.4 Å². The number of nitrogens with zero attached hydrogens (tertiary/aromatic N) is 1. The number of ether oxygens (including phenoxy) is 1.